The van der Waals surface area contributed by atoms with Gasteiger partial charge in [-0.2, -0.15) is 0 Å². The zero-order chi connectivity index (χ0) is 11.5. The highest BCUT2D eigenvalue weighted by atomic mass is 32.2. The van der Waals surface area contributed by atoms with Crippen molar-refractivity contribution in [2.24, 2.45) is 5.92 Å². The lowest BCUT2D eigenvalue weighted by atomic mass is 9.94. The predicted molar refractivity (Wildman–Crippen MR) is 53.4 cm³/mol. The normalized spacial score (nSPS) is 26.5. The van der Waals surface area contributed by atoms with Crippen LogP contribution in [0.2, 0.25) is 0 Å². The molecule has 0 radical (unpaired) electrons. The molecule has 0 aliphatic carbocycles. The molecule has 0 aromatic rings. The van der Waals surface area contributed by atoms with Gasteiger partial charge in [0.25, 0.3) is 5.92 Å². The standard InChI is InChI=1S/C8H16F2N2O2S/c1-2-15(13,14)12-5-7-3-4-11-6-8(7,9)10/h7,11-12H,2-6H2,1H3. The molecule has 1 fully saturated rings. The Morgan fingerprint density at radius 2 is 2.20 bits per heavy atom. The Bertz CT molecular complexity index is 306. The third kappa shape index (κ3) is 3.66. The minimum absolute atomic E-state index is 0.0798. The first-order valence-electron chi connectivity index (χ1n) is 4.93. The van der Waals surface area contributed by atoms with Crippen LogP contribution in [0.15, 0.2) is 0 Å². The van der Waals surface area contributed by atoms with E-state index < -0.39 is 21.9 Å². The summed E-state index contributed by atoms with van der Waals surface area (Å²) in [6.45, 7) is 1.44. The first-order chi connectivity index (χ1) is 6.87. The molecule has 0 aromatic heterocycles. The van der Waals surface area contributed by atoms with Gasteiger partial charge in [0.05, 0.1) is 12.3 Å². The monoisotopic (exact) mass is 242 g/mol. The molecule has 1 aliphatic rings. The lowest BCUT2D eigenvalue weighted by molar-refractivity contribution is -0.0703. The van der Waals surface area contributed by atoms with Gasteiger partial charge in [0, 0.05) is 12.5 Å². The average molecular weight is 242 g/mol. The van der Waals surface area contributed by atoms with Crippen LogP contribution in [-0.4, -0.2) is 39.7 Å². The molecular weight excluding hydrogens is 226 g/mol. The molecule has 0 spiro atoms. The molecule has 15 heavy (non-hydrogen) atoms. The van der Waals surface area contributed by atoms with Gasteiger partial charge >= 0.3 is 0 Å². The van der Waals surface area contributed by atoms with Gasteiger partial charge in [-0.15, -0.1) is 0 Å². The van der Waals surface area contributed by atoms with Gasteiger partial charge < -0.3 is 5.32 Å². The summed E-state index contributed by atoms with van der Waals surface area (Å²) in [7, 11) is -3.37. The molecule has 1 atom stereocenters. The van der Waals surface area contributed by atoms with E-state index in [-0.39, 0.29) is 18.8 Å². The van der Waals surface area contributed by atoms with E-state index >= 15 is 0 Å². The van der Waals surface area contributed by atoms with E-state index in [0.717, 1.165) is 0 Å². The molecule has 0 amide bonds. The Hall–Kier alpha value is -0.270. The van der Waals surface area contributed by atoms with E-state index in [1.165, 1.54) is 6.92 Å². The van der Waals surface area contributed by atoms with Crippen molar-refractivity contribution in [2.75, 3.05) is 25.4 Å². The third-order valence-electron chi connectivity index (χ3n) is 2.56. The number of hydrogen-bond acceptors (Lipinski definition) is 3. The molecule has 1 saturated heterocycles. The second kappa shape index (κ2) is 4.71. The molecule has 4 nitrogen and oxygen atoms in total. The summed E-state index contributed by atoms with van der Waals surface area (Å²) in [6.07, 6.45) is 0.291. The quantitative estimate of drug-likeness (QED) is 0.739. The molecule has 1 aliphatic heterocycles. The van der Waals surface area contributed by atoms with Gasteiger partial charge in [-0.1, -0.05) is 0 Å². The number of halogens is 2. The summed E-state index contributed by atoms with van der Waals surface area (Å²) >= 11 is 0. The highest BCUT2D eigenvalue weighted by Gasteiger charge is 2.41. The van der Waals surface area contributed by atoms with Crippen molar-refractivity contribution in [3.05, 3.63) is 0 Å². The number of hydrogen-bond donors (Lipinski definition) is 2. The van der Waals surface area contributed by atoms with Crippen molar-refractivity contribution < 1.29 is 17.2 Å². The fourth-order valence-electron chi connectivity index (χ4n) is 1.47. The second-order valence-electron chi connectivity index (χ2n) is 3.68. The molecular formula is C8H16F2N2O2S. The number of rotatable bonds is 4. The van der Waals surface area contributed by atoms with Crippen LogP contribution in [-0.2, 0) is 10.0 Å². The van der Waals surface area contributed by atoms with Crippen LogP contribution in [0.3, 0.4) is 0 Å². The number of alkyl halides is 2. The maximum Gasteiger partial charge on any atom is 0.264 e. The minimum Gasteiger partial charge on any atom is -0.311 e. The molecule has 0 bridgehead atoms. The summed E-state index contributed by atoms with van der Waals surface area (Å²) in [6, 6.07) is 0. The largest absolute Gasteiger partial charge is 0.311 e. The summed E-state index contributed by atoms with van der Waals surface area (Å²) < 4.78 is 50.9. The summed E-state index contributed by atoms with van der Waals surface area (Å²) in [5.41, 5.74) is 0. The Labute approximate surface area is 88.5 Å². The molecule has 1 heterocycles. The summed E-state index contributed by atoms with van der Waals surface area (Å²) in [5.74, 6) is -3.81. The molecule has 90 valence electrons. The van der Waals surface area contributed by atoms with Crippen LogP contribution in [0, 0.1) is 5.92 Å². The number of nitrogens with one attached hydrogen (secondary N) is 2. The fraction of sp³-hybridized carbons (Fsp3) is 1.00. The molecule has 1 rings (SSSR count). The van der Waals surface area contributed by atoms with Gasteiger partial charge in [-0.05, 0) is 19.9 Å². The lowest BCUT2D eigenvalue weighted by Crippen LogP contribution is -2.50. The zero-order valence-electron chi connectivity index (χ0n) is 8.59. The zero-order valence-corrected chi connectivity index (χ0v) is 9.41. The number of sulfonamides is 1. The van der Waals surface area contributed by atoms with E-state index in [2.05, 4.69) is 10.0 Å². The number of piperidine rings is 1. The van der Waals surface area contributed by atoms with Crippen molar-refractivity contribution in [1.29, 1.82) is 0 Å². The van der Waals surface area contributed by atoms with Crippen LogP contribution >= 0.6 is 0 Å². The Morgan fingerprint density at radius 1 is 1.53 bits per heavy atom. The summed E-state index contributed by atoms with van der Waals surface area (Å²) in [4.78, 5) is 0. The van der Waals surface area contributed by atoms with Crippen LogP contribution in [0.1, 0.15) is 13.3 Å². The first kappa shape index (κ1) is 12.8. The third-order valence-corrected chi connectivity index (χ3v) is 3.92. The topological polar surface area (TPSA) is 58.2 Å². The smallest absolute Gasteiger partial charge is 0.264 e. The SMILES string of the molecule is CCS(=O)(=O)NCC1CCNCC1(F)F. The van der Waals surface area contributed by atoms with Crippen molar-refractivity contribution in [3.63, 3.8) is 0 Å². The van der Waals surface area contributed by atoms with Gasteiger partial charge in [0.15, 0.2) is 0 Å². The van der Waals surface area contributed by atoms with E-state index in [1.54, 1.807) is 0 Å². The Balaban J connectivity index is 2.50. The van der Waals surface area contributed by atoms with E-state index in [1.807, 2.05) is 0 Å². The van der Waals surface area contributed by atoms with Gasteiger partial charge in [0.2, 0.25) is 10.0 Å². The van der Waals surface area contributed by atoms with Gasteiger partial charge in [0.1, 0.15) is 0 Å². The summed E-state index contributed by atoms with van der Waals surface area (Å²) in [5, 5.41) is 2.59. The second-order valence-corrected chi connectivity index (χ2v) is 5.77. The molecule has 7 heteroatoms. The van der Waals surface area contributed by atoms with Gasteiger partial charge in [-0.25, -0.2) is 21.9 Å². The highest BCUT2D eigenvalue weighted by Crippen LogP contribution is 2.28. The van der Waals surface area contributed by atoms with Crippen molar-refractivity contribution in [3.8, 4) is 0 Å². The predicted octanol–water partition coefficient (Wildman–Crippen LogP) is 0.170. The maximum absolute atomic E-state index is 13.3. The average Bonchev–Trinajstić information content (AvgIpc) is 2.16. The van der Waals surface area contributed by atoms with Gasteiger partial charge in [-0.3, -0.25) is 0 Å². The van der Waals surface area contributed by atoms with Crippen LogP contribution in [0.4, 0.5) is 8.78 Å². The van der Waals surface area contributed by atoms with E-state index in [9.17, 15) is 17.2 Å². The van der Waals surface area contributed by atoms with Crippen molar-refractivity contribution in [1.82, 2.24) is 10.0 Å². The molecule has 2 N–H and O–H groups in total. The van der Waals surface area contributed by atoms with Crippen LogP contribution in [0.5, 0.6) is 0 Å². The Morgan fingerprint density at radius 3 is 2.73 bits per heavy atom. The van der Waals surface area contributed by atoms with E-state index in [4.69, 9.17) is 0 Å². The van der Waals surface area contributed by atoms with Crippen molar-refractivity contribution in [2.45, 2.75) is 19.3 Å². The molecule has 0 saturated carbocycles. The first-order valence-corrected chi connectivity index (χ1v) is 6.58. The maximum atomic E-state index is 13.3. The van der Waals surface area contributed by atoms with Crippen LogP contribution in [0.25, 0.3) is 0 Å². The highest BCUT2D eigenvalue weighted by molar-refractivity contribution is 7.89. The van der Waals surface area contributed by atoms with Crippen molar-refractivity contribution >= 4 is 10.0 Å². The minimum atomic E-state index is -3.37. The lowest BCUT2D eigenvalue weighted by Gasteiger charge is -2.31. The molecule has 0 aromatic carbocycles. The Kier molecular flexibility index (Phi) is 4.02. The fourth-order valence-corrected chi connectivity index (χ4v) is 2.13. The van der Waals surface area contributed by atoms with Crippen LogP contribution < -0.4 is 10.0 Å². The van der Waals surface area contributed by atoms with E-state index in [0.29, 0.717) is 13.0 Å². The molecule has 1 unspecified atom stereocenters.